The molecule has 2 heterocycles. The first kappa shape index (κ1) is 28.6. The van der Waals surface area contributed by atoms with Gasteiger partial charge < -0.3 is 20.5 Å². The number of rotatable bonds is 6. The van der Waals surface area contributed by atoms with Crippen molar-refractivity contribution in [2.75, 3.05) is 31.2 Å². The third-order valence-electron chi connectivity index (χ3n) is 6.86. The van der Waals surface area contributed by atoms with Crippen molar-refractivity contribution >= 4 is 45.7 Å². The molecule has 0 bridgehead atoms. The highest BCUT2D eigenvalue weighted by Crippen LogP contribution is 2.52. The van der Waals surface area contributed by atoms with Crippen LogP contribution in [-0.4, -0.2) is 79.8 Å². The number of benzene rings is 1. The molecule has 37 heavy (non-hydrogen) atoms. The maximum absolute atomic E-state index is 14.0. The topological polar surface area (TPSA) is 171 Å². The van der Waals surface area contributed by atoms with Crippen molar-refractivity contribution in [1.82, 2.24) is 4.90 Å². The van der Waals surface area contributed by atoms with Crippen LogP contribution >= 0.6 is 12.4 Å². The lowest BCUT2D eigenvalue weighted by molar-refractivity contribution is -0.143. The molecule has 0 spiro atoms. The molecular weight excluding hydrogens is 545 g/mol. The molecule has 2 amide bonds. The number of carboxylic acids is 1. The number of likely N-dealkylation sites (tertiary alicyclic amines) is 1. The van der Waals surface area contributed by atoms with Crippen molar-refractivity contribution in [3.63, 3.8) is 0 Å². The summed E-state index contributed by atoms with van der Waals surface area (Å²) in [5.41, 5.74) is 1.95. The smallest absolute Gasteiger partial charge is 0.417 e. The summed E-state index contributed by atoms with van der Waals surface area (Å²) in [5.74, 6) is -3.01. The summed E-state index contributed by atoms with van der Waals surface area (Å²) < 4.78 is 73.7. The fraction of sp³-hybridized carbons (Fsp3) is 0.524. The van der Waals surface area contributed by atoms with Crippen LogP contribution in [0.25, 0.3) is 0 Å². The molecular formula is C21H22ClF3N4O7S. The predicted molar refractivity (Wildman–Crippen MR) is 121 cm³/mol. The Labute approximate surface area is 215 Å². The lowest BCUT2D eigenvalue weighted by Crippen LogP contribution is -2.42. The zero-order valence-electron chi connectivity index (χ0n) is 19.0. The van der Waals surface area contributed by atoms with Crippen LogP contribution in [0, 0.1) is 16.7 Å². The number of halogens is 4. The van der Waals surface area contributed by atoms with Crippen LogP contribution in [0.5, 0.6) is 0 Å². The average Bonchev–Trinajstić information content (AvgIpc) is 3.39. The Morgan fingerprint density at radius 2 is 1.97 bits per heavy atom. The second kappa shape index (κ2) is 9.75. The molecule has 2 aliphatic heterocycles. The molecule has 3 N–H and O–H groups in total. The van der Waals surface area contributed by atoms with Crippen molar-refractivity contribution in [3.8, 4) is 6.07 Å². The molecule has 202 valence electrons. The lowest BCUT2D eigenvalue weighted by Gasteiger charge is -2.28. The number of aliphatic carboxylic acids is 1. The number of primary amides is 1. The molecule has 3 aliphatic rings. The SMILES string of the molecule is Cl.N#CC1(C(N)=O)CC1N1C[C@H](S(=O)(=O)c2ccc(N3CCOCC3=O)cc2C(F)(F)F)C[C@H]1C(=O)O. The normalized spacial score (nSPS) is 28.3. The van der Waals surface area contributed by atoms with E-state index in [0.717, 1.165) is 21.9 Å². The number of hydrogen-bond donors (Lipinski definition) is 2. The number of carbonyl (C=O) groups excluding carboxylic acids is 2. The molecule has 1 aromatic rings. The zero-order valence-corrected chi connectivity index (χ0v) is 20.6. The number of hydrogen-bond acceptors (Lipinski definition) is 8. The van der Waals surface area contributed by atoms with E-state index in [2.05, 4.69) is 0 Å². The van der Waals surface area contributed by atoms with Crippen molar-refractivity contribution in [3.05, 3.63) is 23.8 Å². The fourth-order valence-electron chi connectivity index (χ4n) is 4.85. The lowest BCUT2D eigenvalue weighted by atomic mass is 10.1. The number of ether oxygens (including phenoxy) is 1. The number of amides is 2. The van der Waals surface area contributed by atoms with Crippen molar-refractivity contribution < 1.29 is 45.8 Å². The number of nitriles is 1. The fourth-order valence-corrected chi connectivity index (χ4v) is 6.75. The molecule has 3 fully saturated rings. The number of morpholine rings is 1. The molecule has 4 rings (SSSR count). The summed E-state index contributed by atoms with van der Waals surface area (Å²) in [6.45, 7) is -0.742. The van der Waals surface area contributed by atoms with Crippen LogP contribution in [0.15, 0.2) is 23.1 Å². The van der Waals surface area contributed by atoms with Gasteiger partial charge in [-0.05, 0) is 31.0 Å². The standard InChI is InChI=1S/C21H21F3N4O7S.ClH/c22-21(23,24)13-5-11(27-3-4-35-9-17(27)29)1-2-15(13)36(33,34)12-6-14(18(30)31)28(8-12)16-7-20(16,10-25)19(26)32;/h1-2,5,12,14,16H,3-4,6-9H2,(H2,26,32)(H,30,31);1H/t12-,14+,16?,20?;/m1./s1. The van der Waals surface area contributed by atoms with Gasteiger partial charge in [0.05, 0.1) is 28.4 Å². The van der Waals surface area contributed by atoms with Crippen LogP contribution in [0.3, 0.4) is 0 Å². The molecule has 1 saturated carbocycles. The predicted octanol–water partition coefficient (Wildman–Crippen LogP) is 0.559. The Balaban J connectivity index is 0.00000380. The second-order valence-corrected chi connectivity index (χ2v) is 11.1. The van der Waals surface area contributed by atoms with Gasteiger partial charge in [0.15, 0.2) is 15.3 Å². The summed E-state index contributed by atoms with van der Waals surface area (Å²) in [6.07, 6.45) is -5.75. The van der Waals surface area contributed by atoms with Crippen LogP contribution in [-0.2, 0) is 35.1 Å². The first-order valence-electron chi connectivity index (χ1n) is 10.8. The van der Waals surface area contributed by atoms with Crippen LogP contribution in [0.1, 0.15) is 18.4 Å². The molecule has 1 aliphatic carbocycles. The minimum atomic E-state index is -5.10. The molecule has 4 atom stereocenters. The molecule has 2 unspecified atom stereocenters. The molecule has 16 heteroatoms. The minimum Gasteiger partial charge on any atom is -0.480 e. The van der Waals surface area contributed by atoms with E-state index in [1.54, 1.807) is 6.07 Å². The molecule has 11 nitrogen and oxygen atoms in total. The van der Waals surface area contributed by atoms with Gasteiger partial charge in [-0.3, -0.25) is 19.3 Å². The summed E-state index contributed by atoms with van der Waals surface area (Å²) in [7, 11) is -4.74. The number of alkyl halides is 3. The van der Waals surface area contributed by atoms with E-state index >= 15 is 0 Å². The Morgan fingerprint density at radius 1 is 1.30 bits per heavy atom. The summed E-state index contributed by atoms with van der Waals surface area (Å²) in [6, 6.07) is 1.76. The van der Waals surface area contributed by atoms with Crippen LogP contribution in [0.2, 0.25) is 0 Å². The van der Waals surface area contributed by atoms with Crippen molar-refractivity contribution in [1.29, 1.82) is 5.26 Å². The van der Waals surface area contributed by atoms with Crippen molar-refractivity contribution in [2.24, 2.45) is 11.1 Å². The van der Waals surface area contributed by atoms with Gasteiger partial charge in [-0.2, -0.15) is 18.4 Å². The molecule has 0 aromatic heterocycles. The Hall–Kier alpha value is -2.93. The van der Waals surface area contributed by atoms with E-state index in [1.165, 1.54) is 0 Å². The highest BCUT2D eigenvalue weighted by atomic mass is 35.5. The number of carboxylic acid groups (broad SMARTS) is 1. The number of nitrogens with two attached hydrogens (primary N) is 1. The van der Waals surface area contributed by atoms with E-state index in [9.17, 15) is 46.3 Å². The van der Waals surface area contributed by atoms with E-state index in [4.69, 9.17) is 10.5 Å². The highest BCUT2D eigenvalue weighted by molar-refractivity contribution is 7.92. The first-order chi connectivity index (χ1) is 16.7. The summed E-state index contributed by atoms with van der Waals surface area (Å²) in [5, 5.41) is 17.4. The van der Waals surface area contributed by atoms with Crippen LogP contribution < -0.4 is 10.6 Å². The Kier molecular flexibility index (Phi) is 7.54. The number of anilines is 1. The van der Waals surface area contributed by atoms with Gasteiger partial charge in [-0.25, -0.2) is 8.42 Å². The number of carbonyl (C=O) groups is 3. The van der Waals surface area contributed by atoms with Gasteiger partial charge in [0, 0.05) is 24.8 Å². The number of nitrogens with zero attached hydrogens (tertiary/aromatic N) is 3. The molecule has 0 radical (unpaired) electrons. The third kappa shape index (κ3) is 4.86. The largest absolute Gasteiger partial charge is 0.480 e. The van der Waals surface area contributed by atoms with Gasteiger partial charge >= 0.3 is 12.1 Å². The van der Waals surface area contributed by atoms with E-state index in [-0.39, 0.29) is 44.3 Å². The summed E-state index contributed by atoms with van der Waals surface area (Å²) in [4.78, 5) is 36.8. The maximum Gasteiger partial charge on any atom is 0.417 e. The average molecular weight is 567 g/mol. The van der Waals surface area contributed by atoms with Gasteiger partial charge in [0.1, 0.15) is 12.6 Å². The van der Waals surface area contributed by atoms with E-state index in [0.29, 0.717) is 6.07 Å². The van der Waals surface area contributed by atoms with Gasteiger partial charge in [-0.15, -0.1) is 12.4 Å². The third-order valence-corrected chi connectivity index (χ3v) is 9.05. The summed E-state index contributed by atoms with van der Waals surface area (Å²) >= 11 is 0. The second-order valence-electron chi connectivity index (χ2n) is 8.90. The monoisotopic (exact) mass is 566 g/mol. The van der Waals surface area contributed by atoms with Crippen molar-refractivity contribution in [2.45, 2.75) is 41.2 Å². The molecule has 1 aromatic carbocycles. The maximum atomic E-state index is 14.0. The van der Waals surface area contributed by atoms with E-state index in [1.807, 2.05) is 0 Å². The van der Waals surface area contributed by atoms with Gasteiger partial charge in [0.25, 0.3) is 5.91 Å². The highest BCUT2D eigenvalue weighted by Gasteiger charge is 2.66. The van der Waals surface area contributed by atoms with E-state index < -0.39 is 80.0 Å². The van der Waals surface area contributed by atoms with Crippen LogP contribution in [0.4, 0.5) is 18.9 Å². The number of sulfone groups is 1. The molecule has 2 saturated heterocycles. The first-order valence-corrected chi connectivity index (χ1v) is 12.3. The van der Waals surface area contributed by atoms with Gasteiger partial charge in [0.2, 0.25) is 5.91 Å². The quantitative estimate of drug-likeness (QED) is 0.499. The van der Waals surface area contributed by atoms with Gasteiger partial charge in [-0.1, -0.05) is 0 Å². The minimum absolute atomic E-state index is 0. The Bertz CT molecular complexity index is 1290. The zero-order chi connectivity index (χ0) is 26.6. The Morgan fingerprint density at radius 3 is 2.49 bits per heavy atom.